The fourth-order valence-corrected chi connectivity index (χ4v) is 1.18. The van der Waals surface area contributed by atoms with Crippen LogP contribution < -0.4 is 10.4 Å². The van der Waals surface area contributed by atoms with Crippen LogP contribution >= 0.6 is 11.6 Å². The maximum atomic E-state index is 5.84. The van der Waals surface area contributed by atoms with Crippen LogP contribution in [0.1, 0.15) is 0 Å². The summed E-state index contributed by atoms with van der Waals surface area (Å²) in [4.78, 5) is 7.74. The minimum absolute atomic E-state index is 0.448. The number of hydrazine groups is 1. The standard InChI is InChI=1S/C7H7ClN4/c8-7-6(4-9-5-10-7)12-3-1-2-11-12/h1,3-5,11H,2H2. The Bertz CT molecular complexity index is 312. The van der Waals surface area contributed by atoms with Gasteiger partial charge < -0.3 is 0 Å². The summed E-state index contributed by atoms with van der Waals surface area (Å²) in [7, 11) is 0. The fourth-order valence-electron chi connectivity index (χ4n) is 0.996. The van der Waals surface area contributed by atoms with Crippen molar-refractivity contribution in [2.45, 2.75) is 0 Å². The first-order valence-corrected chi connectivity index (χ1v) is 3.90. The largest absolute Gasteiger partial charge is 0.280 e. The molecule has 4 nitrogen and oxygen atoms in total. The molecule has 0 spiro atoms. The van der Waals surface area contributed by atoms with Crippen molar-refractivity contribution in [3.63, 3.8) is 0 Å². The van der Waals surface area contributed by atoms with Crippen LogP contribution in [0.2, 0.25) is 5.15 Å². The number of nitrogens with one attached hydrogen (secondary N) is 1. The summed E-state index contributed by atoms with van der Waals surface area (Å²) in [5.41, 5.74) is 3.84. The lowest BCUT2D eigenvalue weighted by molar-refractivity contribution is 0.808. The summed E-state index contributed by atoms with van der Waals surface area (Å²) in [5, 5.41) is 2.24. The van der Waals surface area contributed by atoms with Crippen LogP contribution in [-0.2, 0) is 0 Å². The van der Waals surface area contributed by atoms with Crippen molar-refractivity contribution in [1.29, 1.82) is 0 Å². The third-order valence-corrected chi connectivity index (χ3v) is 1.83. The van der Waals surface area contributed by atoms with Crippen LogP contribution in [0.15, 0.2) is 24.8 Å². The lowest BCUT2D eigenvalue weighted by Crippen LogP contribution is -2.28. The highest BCUT2D eigenvalue weighted by molar-refractivity contribution is 6.31. The van der Waals surface area contributed by atoms with Gasteiger partial charge in [-0.1, -0.05) is 17.7 Å². The number of hydrogen-bond donors (Lipinski definition) is 1. The molecule has 0 unspecified atom stereocenters. The molecule has 2 heterocycles. The molecule has 0 aromatic carbocycles. The van der Waals surface area contributed by atoms with Crippen LogP contribution in [0.25, 0.3) is 0 Å². The Kier molecular flexibility index (Phi) is 1.93. The molecule has 5 heteroatoms. The molecule has 0 amide bonds. The maximum Gasteiger partial charge on any atom is 0.157 e. The van der Waals surface area contributed by atoms with E-state index in [1.165, 1.54) is 6.33 Å². The Balaban J connectivity index is 2.33. The predicted octanol–water partition coefficient (Wildman–Crippen LogP) is 0.968. The van der Waals surface area contributed by atoms with E-state index in [9.17, 15) is 0 Å². The number of rotatable bonds is 1. The number of aromatic nitrogens is 2. The number of anilines is 1. The Morgan fingerprint density at radius 1 is 1.58 bits per heavy atom. The van der Waals surface area contributed by atoms with Crippen LogP contribution in [0.3, 0.4) is 0 Å². The van der Waals surface area contributed by atoms with Gasteiger partial charge in [0.2, 0.25) is 0 Å². The Morgan fingerprint density at radius 3 is 3.17 bits per heavy atom. The second kappa shape index (κ2) is 3.08. The fraction of sp³-hybridized carbons (Fsp3) is 0.143. The summed E-state index contributed by atoms with van der Waals surface area (Å²) < 4.78 is 0. The van der Waals surface area contributed by atoms with Gasteiger partial charge in [-0.3, -0.25) is 5.01 Å². The van der Waals surface area contributed by atoms with Crippen molar-refractivity contribution < 1.29 is 0 Å². The van der Waals surface area contributed by atoms with E-state index in [1.807, 2.05) is 12.3 Å². The highest BCUT2D eigenvalue weighted by Crippen LogP contribution is 2.21. The second-order valence-electron chi connectivity index (χ2n) is 2.32. The molecule has 12 heavy (non-hydrogen) atoms. The molecule has 0 saturated heterocycles. The number of halogens is 1. The average Bonchev–Trinajstić information content (AvgIpc) is 2.57. The molecule has 0 radical (unpaired) electrons. The molecule has 1 aromatic heterocycles. The third-order valence-electron chi connectivity index (χ3n) is 1.54. The van der Waals surface area contributed by atoms with Crippen molar-refractivity contribution in [2.24, 2.45) is 0 Å². The van der Waals surface area contributed by atoms with Gasteiger partial charge in [0.1, 0.15) is 12.0 Å². The van der Waals surface area contributed by atoms with Gasteiger partial charge in [0.15, 0.2) is 5.15 Å². The van der Waals surface area contributed by atoms with Crippen molar-refractivity contribution in [1.82, 2.24) is 15.4 Å². The summed E-state index contributed by atoms with van der Waals surface area (Å²) in [5.74, 6) is 0. The Morgan fingerprint density at radius 2 is 2.50 bits per heavy atom. The molecule has 0 saturated carbocycles. The van der Waals surface area contributed by atoms with E-state index in [-0.39, 0.29) is 0 Å². The van der Waals surface area contributed by atoms with E-state index in [1.54, 1.807) is 11.2 Å². The van der Waals surface area contributed by atoms with E-state index in [2.05, 4.69) is 15.4 Å². The van der Waals surface area contributed by atoms with E-state index < -0.39 is 0 Å². The zero-order valence-corrected chi connectivity index (χ0v) is 6.99. The zero-order valence-electron chi connectivity index (χ0n) is 6.24. The highest BCUT2D eigenvalue weighted by Gasteiger charge is 2.10. The SMILES string of the molecule is Clc1ncncc1N1C=CCN1. The molecular weight excluding hydrogens is 176 g/mol. The first-order chi connectivity index (χ1) is 5.88. The molecule has 1 N–H and O–H groups in total. The van der Waals surface area contributed by atoms with E-state index >= 15 is 0 Å². The molecule has 1 aliphatic rings. The topological polar surface area (TPSA) is 41.1 Å². The lowest BCUT2D eigenvalue weighted by atomic mass is 10.5. The lowest BCUT2D eigenvalue weighted by Gasteiger charge is -2.15. The second-order valence-corrected chi connectivity index (χ2v) is 2.67. The van der Waals surface area contributed by atoms with Gasteiger partial charge in [-0.05, 0) is 0 Å². The van der Waals surface area contributed by atoms with Gasteiger partial charge in [0.05, 0.1) is 6.20 Å². The quantitative estimate of drug-likeness (QED) is 0.658. The van der Waals surface area contributed by atoms with Crippen molar-refractivity contribution in [3.05, 3.63) is 30.0 Å². The van der Waals surface area contributed by atoms with Gasteiger partial charge in [0.25, 0.3) is 0 Å². The summed E-state index contributed by atoms with van der Waals surface area (Å²) in [6, 6.07) is 0. The monoisotopic (exact) mass is 182 g/mol. The Labute approximate surface area is 74.9 Å². The number of nitrogens with zero attached hydrogens (tertiary/aromatic N) is 3. The highest BCUT2D eigenvalue weighted by atomic mass is 35.5. The minimum atomic E-state index is 0.448. The van der Waals surface area contributed by atoms with Crippen LogP contribution in [0, 0.1) is 0 Å². The van der Waals surface area contributed by atoms with Crippen molar-refractivity contribution >= 4 is 17.3 Å². The van der Waals surface area contributed by atoms with Gasteiger partial charge in [-0.2, -0.15) is 0 Å². The zero-order chi connectivity index (χ0) is 8.39. The molecule has 1 aliphatic heterocycles. The summed E-state index contributed by atoms with van der Waals surface area (Å²) >= 11 is 5.84. The molecule has 0 atom stereocenters. The first-order valence-electron chi connectivity index (χ1n) is 3.53. The molecule has 0 aliphatic carbocycles. The van der Waals surface area contributed by atoms with E-state index in [0.717, 1.165) is 12.2 Å². The van der Waals surface area contributed by atoms with Crippen LogP contribution in [0.4, 0.5) is 5.69 Å². The van der Waals surface area contributed by atoms with Crippen molar-refractivity contribution in [2.75, 3.05) is 11.6 Å². The van der Waals surface area contributed by atoms with E-state index in [0.29, 0.717) is 5.15 Å². The summed E-state index contributed by atoms with van der Waals surface area (Å²) in [6.07, 6.45) is 6.97. The normalized spacial score (nSPS) is 15.6. The smallest absolute Gasteiger partial charge is 0.157 e. The average molecular weight is 183 g/mol. The molecule has 0 fully saturated rings. The Hall–Kier alpha value is -1.13. The van der Waals surface area contributed by atoms with Gasteiger partial charge in [-0.15, -0.1) is 0 Å². The van der Waals surface area contributed by atoms with Gasteiger partial charge >= 0.3 is 0 Å². The van der Waals surface area contributed by atoms with Crippen molar-refractivity contribution in [3.8, 4) is 0 Å². The minimum Gasteiger partial charge on any atom is -0.280 e. The van der Waals surface area contributed by atoms with E-state index in [4.69, 9.17) is 11.6 Å². The molecular formula is C7H7ClN4. The molecule has 0 bridgehead atoms. The van der Waals surface area contributed by atoms with Gasteiger partial charge in [-0.25, -0.2) is 15.4 Å². The first kappa shape index (κ1) is 7.52. The maximum absolute atomic E-state index is 5.84. The molecule has 2 rings (SSSR count). The van der Waals surface area contributed by atoms with Crippen LogP contribution in [0.5, 0.6) is 0 Å². The number of hydrogen-bond acceptors (Lipinski definition) is 4. The molecule has 1 aromatic rings. The summed E-state index contributed by atoms with van der Waals surface area (Å²) in [6.45, 7) is 0.811. The van der Waals surface area contributed by atoms with Gasteiger partial charge in [0, 0.05) is 12.7 Å². The molecule has 62 valence electrons. The third kappa shape index (κ3) is 1.26. The van der Waals surface area contributed by atoms with Crippen LogP contribution in [-0.4, -0.2) is 16.5 Å². The predicted molar refractivity (Wildman–Crippen MR) is 46.7 cm³/mol.